The van der Waals surface area contributed by atoms with E-state index in [4.69, 9.17) is 0 Å². The first-order valence-corrected chi connectivity index (χ1v) is 12.0. The molecule has 0 saturated carbocycles. The van der Waals surface area contributed by atoms with Gasteiger partial charge in [0.25, 0.3) is 10.0 Å². The molecule has 5 rings (SSSR count). The summed E-state index contributed by atoms with van der Waals surface area (Å²) in [6.07, 6.45) is 7.30. The number of urea groups is 1. The monoisotopic (exact) mass is 429 g/mol. The summed E-state index contributed by atoms with van der Waals surface area (Å²) < 4.78 is 29.7. The number of amides is 2. The van der Waals surface area contributed by atoms with Gasteiger partial charge in [-0.25, -0.2) is 22.6 Å². The summed E-state index contributed by atoms with van der Waals surface area (Å²) in [6, 6.07) is 1.55. The molecule has 1 aromatic carbocycles. The van der Waals surface area contributed by atoms with Gasteiger partial charge in [-0.2, -0.15) is 5.10 Å². The first-order valence-electron chi connectivity index (χ1n) is 10.5. The normalized spacial score (nSPS) is 18.9. The number of rotatable bonds is 3. The van der Waals surface area contributed by atoms with Crippen LogP contribution in [0.3, 0.4) is 0 Å². The summed E-state index contributed by atoms with van der Waals surface area (Å²) in [4.78, 5) is 12.7. The summed E-state index contributed by atoms with van der Waals surface area (Å²) >= 11 is 0. The van der Waals surface area contributed by atoms with Crippen LogP contribution in [0.1, 0.15) is 48.9 Å². The number of anilines is 2. The van der Waals surface area contributed by atoms with Gasteiger partial charge in [0.2, 0.25) is 0 Å². The van der Waals surface area contributed by atoms with Gasteiger partial charge in [0, 0.05) is 17.6 Å². The number of aryl methyl sites for hydroxylation is 2. The lowest BCUT2D eigenvalue weighted by atomic mass is 9.92. The SMILES string of the molecule is CC1(C)CNc2c(S(=O)(=O)NC(=O)Nc3c4c(cc5c3CCC5)CCC4)cnn2C1. The number of sulfonamides is 1. The summed E-state index contributed by atoms with van der Waals surface area (Å²) in [5, 5.41) is 10.2. The molecule has 1 aliphatic heterocycles. The molecule has 0 atom stereocenters. The van der Waals surface area contributed by atoms with E-state index in [1.165, 1.54) is 17.3 Å². The Morgan fingerprint density at radius 3 is 2.47 bits per heavy atom. The van der Waals surface area contributed by atoms with Crippen LogP contribution in [0.5, 0.6) is 0 Å². The zero-order valence-corrected chi connectivity index (χ0v) is 18.2. The number of carbonyl (C=O) groups excluding carboxylic acids is 1. The fourth-order valence-electron chi connectivity index (χ4n) is 4.93. The maximum atomic E-state index is 12.9. The van der Waals surface area contributed by atoms with E-state index in [0.717, 1.165) is 55.3 Å². The van der Waals surface area contributed by atoms with E-state index >= 15 is 0 Å². The van der Waals surface area contributed by atoms with Crippen molar-refractivity contribution in [1.82, 2.24) is 14.5 Å². The Morgan fingerprint density at radius 1 is 1.13 bits per heavy atom. The highest BCUT2D eigenvalue weighted by Gasteiger charge is 2.33. The Labute approximate surface area is 176 Å². The molecule has 0 saturated heterocycles. The molecule has 1 aromatic heterocycles. The van der Waals surface area contributed by atoms with Crippen molar-refractivity contribution in [3.63, 3.8) is 0 Å². The molecule has 0 bridgehead atoms. The maximum absolute atomic E-state index is 12.9. The Hall–Kier alpha value is -2.55. The van der Waals surface area contributed by atoms with Gasteiger partial charge in [-0.05, 0) is 60.8 Å². The van der Waals surface area contributed by atoms with Crippen molar-refractivity contribution in [3.8, 4) is 0 Å². The van der Waals surface area contributed by atoms with Crippen molar-refractivity contribution in [1.29, 1.82) is 0 Å². The van der Waals surface area contributed by atoms with Gasteiger partial charge in [0.05, 0.1) is 12.7 Å². The van der Waals surface area contributed by atoms with E-state index in [-0.39, 0.29) is 10.3 Å². The van der Waals surface area contributed by atoms with Crippen LogP contribution in [0.2, 0.25) is 0 Å². The van der Waals surface area contributed by atoms with Crippen molar-refractivity contribution < 1.29 is 13.2 Å². The highest BCUT2D eigenvalue weighted by Crippen LogP contribution is 2.38. The minimum atomic E-state index is -4.05. The fourth-order valence-corrected chi connectivity index (χ4v) is 5.95. The van der Waals surface area contributed by atoms with Gasteiger partial charge in [-0.1, -0.05) is 19.9 Å². The molecular weight excluding hydrogens is 402 g/mol. The fraction of sp³-hybridized carbons (Fsp3) is 0.524. The van der Waals surface area contributed by atoms with Crippen LogP contribution < -0.4 is 15.4 Å². The average Bonchev–Trinajstić information content (AvgIpc) is 3.38. The molecule has 9 heteroatoms. The predicted octanol–water partition coefficient (Wildman–Crippen LogP) is 2.82. The molecule has 0 radical (unpaired) electrons. The van der Waals surface area contributed by atoms with Crippen LogP contribution in [-0.2, 0) is 42.3 Å². The highest BCUT2D eigenvalue weighted by molar-refractivity contribution is 7.90. The van der Waals surface area contributed by atoms with E-state index in [0.29, 0.717) is 18.9 Å². The van der Waals surface area contributed by atoms with Crippen LogP contribution in [0.25, 0.3) is 0 Å². The number of aromatic nitrogens is 2. The average molecular weight is 430 g/mol. The molecule has 0 unspecified atom stereocenters. The second kappa shape index (κ2) is 6.73. The summed E-state index contributed by atoms with van der Waals surface area (Å²) in [5.74, 6) is 0.427. The number of hydrogen-bond donors (Lipinski definition) is 3. The minimum absolute atomic E-state index is 0.00308. The van der Waals surface area contributed by atoms with Crippen molar-refractivity contribution in [2.24, 2.45) is 5.41 Å². The molecule has 30 heavy (non-hydrogen) atoms. The number of nitrogens with one attached hydrogen (secondary N) is 3. The third-order valence-corrected chi connectivity index (χ3v) is 7.68. The Balaban J connectivity index is 1.39. The van der Waals surface area contributed by atoms with Crippen LogP contribution in [0.15, 0.2) is 17.2 Å². The molecule has 3 N–H and O–H groups in total. The van der Waals surface area contributed by atoms with E-state index in [1.54, 1.807) is 4.68 Å². The van der Waals surface area contributed by atoms with Crippen molar-refractivity contribution in [2.45, 2.75) is 63.8 Å². The quantitative estimate of drug-likeness (QED) is 0.696. The van der Waals surface area contributed by atoms with Crippen molar-refractivity contribution >= 4 is 27.6 Å². The van der Waals surface area contributed by atoms with Gasteiger partial charge in [0.15, 0.2) is 0 Å². The minimum Gasteiger partial charge on any atom is -0.369 e. The Kier molecular flexibility index (Phi) is 4.36. The van der Waals surface area contributed by atoms with E-state index in [2.05, 4.69) is 40.4 Å². The largest absolute Gasteiger partial charge is 0.369 e. The van der Waals surface area contributed by atoms with Crippen molar-refractivity contribution in [3.05, 3.63) is 34.5 Å². The summed E-state index contributed by atoms with van der Waals surface area (Å²) in [6.45, 7) is 5.41. The third-order valence-electron chi connectivity index (χ3n) is 6.35. The predicted molar refractivity (Wildman–Crippen MR) is 114 cm³/mol. The van der Waals surface area contributed by atoms with Gasteiger partial charge in [0.1, 0.15) is 10.7 Å². The standard InChI is InChI=1S/C21H27N5O3S/c1-21(2)11-22-19-17(10-23-26(19)12-21)30(28,29)25-20(27)24-18-15-7-3-5-13(15)9-14-6-4-8-16(14)18/h9-10,22H,3-8,11-12H2,1-2H3,(H2,24,25,27). The second-order valence-electron chi connectivity index (χ2n) is 9.33. The van der Waals surface area contributed by atoms with E-state index in [9.17, 15) is 13.2 Å². The number of nitrogens with zero attached hydrogens (tertiary/aromatic N) is 2. The zero-order valence-electron chi connectivity index (χ0n) is 17.3. The van der Waals surface area contributed by atoms with Crippen LogP contribution in [0.4, 0.5) is 16.3 Å². The van der Waals surface area contributed by atoms with Crippen molar-refractivity contribution in [2.75, 3.05) is 17.2 Å². The lowest BCUT2D eigenvalue weighted by Gasteiger charge is -2.31. The van der Waals surface area contributed by atoms with Crippen LogP contribution in [-0.4, -0.2) is 30.8 Å². The first-order chi connectivity index (χ1) is 14.2. The summed E-state index contributed by atoms with van der Waals surface area (Å²) in [5.41, 5.74) is 5.68. The molecule has 2 aliphatic carbocycles. The molecule has 3 aliphatic rings. The molecule has 0 spiro atoms. The molecule has 160 valence electrons. The number of hydrogen-bond acceptors (Lipinski definition) is 5. The Morgan fingerprint density at radius 2 is 1.80 bits per heavy atom. The zero-order chi connectivity index (χ0) is 21.1. The lowest BCUT2D eigenvalue weighted by molar-refractivity contribution is 0.256. The van der Waals surface area contributed by atoms with Gasteiger partial charge < -0.3 is 10.6 Å². The third kappa shape index (κ3) is 3.25. The highest BCUT2D eigenvalue weighted by atomic mass is 32.2. The Bertz CT molecular complexity index is 1120. The number of fused-ring (bicyclic) bond motifs is 3. The maximum Gasteiger partial charge on any atom is 0.333 e. The number of carbonyl (C=O) groups is 1. The molecule has 2 heterocycles. The van der Waals surface area contributed by atoms with Gasteiger partial charge >= 0.3 is 6.03 Å². The molecule has 8 nitrogen and oxygen atoms in total. The van der Waals surface area contributed by atoms with Crippen LogP contribution in [0, 0.1) is 5.41 Å². The first kappa shape index (κ1) is 19.4. The molecular formula is C21H27N5O3S. The van der Waals surface area contributed by atoms with Crippen LogP contribution >= 0.6 is 0 Å². The lowest BCUT2D eigenvalue weighted by Crippen LogP contribution is -2.37. The second-order valence-corrected chi connectivity index (χ2v) is 11.0. The van der Waals surface area contributed by atoms with Gasteiger partial charge in [-0.3, -0.25) is 0 Å². The molecule has 0 fully saturated rings. The molecule has 2 aromatic rings. The summed E-state index contributed by atoms with van der Waals surface area (Å²) in [7, 11) is -4.05. The number of benzene rings is 1. The smallest absolute Gasteiger partial charge is 0.333 e. The van der Waals surface area contributed by atoms with E-state index < -0.39 is 16.1 Å². The van der Waals surface area contributed by atoms with E-state index in [1.807, 2.05) is 0 Å². The topological polar surface area (TPSA) is 105 Å². The van der Waals surface area contributed by atoms with Gasteiger partial charge in [-0.15, -0.1) is 0 Å². The molecule has 2 amide bonds.